The van der Waals surface area contributed by atoms with Crippen molar-refractivity contribution in [1.29, 1.82) is 5.26 Å². The van der Waals surface area contributed by atoms with Crippen LogP contribution in [-0.4, -0.2) is 34.3 Å². The first kappa shape index (κ1) is 15.9. The molecule has 98 valence electrons. The molecule has 0 aromatic rings. The summed E-state index contributed by atoms with van der Waals surface area (Å²) in [6.45, 7) is 9.31. The highest BCUT2D eigenvalue weighted by Gasteiger charge is 2.30. The molecule has 1 amide bonds. The molecule has 1 unspecified atom stereocenters. The number of aliphatic hydroxyl groups excluding tert-OH is 1. The molecule has 0 aliphatic heterocycles. The lowest BCUT2D eigenvalue weighted by atomic mass is 10.00. The Morgan fingerprint density at radius 2 is 2.00 bits per heavy atom. The van der Waals surface area contributed by atoms with Gasteiger partial charge in [0.05, 0.1) is 17.7 Å². The standard InChI is InChI=1S/C12H22N2O3/c1-9(2)6-10(11(16)7-13)14(8-15)17-12(3,4)5/h8-11,16H,6H2,1-5H3/t10-,11?/m0/s1. The number of carbonyl (C=O) groups excluding carboxylic acids is 1. The molecule has 1 N–H and O–H groups in total. The normalized spacial score (nSPS) is 15.2. The van der Waals surface area contributed by atoms with Gasteiger partial charge in [-0.2, -0.15) is 5.26 Å². The van der Waals surface area contributed by atoms with E-state index in [2.05, 4.69) is 0 Å². The van der Waals surface area contributed by atoms with E-state index in [9.17, 15) is 9.90 Å². The van der Waals surface area contributed by atoms with Crippen LogP contribution in [0.25, 0.3) is 0 Å². The summed E-state index contributed by atoms with van der Waals surface area (Å²) in [4.78, 5) is 16.4. The predicted octanol–water partition coefficient (Wildman–Crippen LogP) is 1.47. The fourth-order valence-corrected chi connectivity index (χ4v) is 1.42. The molecule has 0 saturated heterocycles. The maximum Gasteiger partial charge on any atom is 0.233 e. The lowest BCUT2D eigenvalue weighted by Gasteiger charge is -2.34. The molecule has 5 heteroatoms. The topological polar surface area (TPSA) is 73.6 Å². The van der Waals surface area contributed by atoms with Crippen molar-refractivity contribution in [3.8, 4) is 6.07 Å². The summed E-state index contributed by atoms with van der Waals surface area (Å²) in [5.41, 5.74) is -0.550. The molecule has 0 fully saturated rings. The van der Waals surface area contributed by atoms with E-state index in [0.29, 0.717) is 12.8 Å². The van der Waals surface area contributed by atoms with Gasteiger partial charge in [-0.1, -0.05) is 13.8 Å². The third-order valence-electron chi connectivity index (χ3n) is 2.02. The first-order valence-corrected chi connectivity index (χ1v) is 5.71. The summed E-state index contributed by atoms with van der Waals surface area (Å²) in [5.74, 6) is 0.244. The number of hydroxylamine groups is 2. The molecule has 17 heavy (non-hydrogen) atoms. The molecule has 2 atom stereocenters. The molecule has 0 aliphatic carbocycles. The molecule has 0 aliphatic rings. The van der Waals surface area contributed by atoms with Crippen LogP contribution in [0, 0.1) is 17.2 Å². The molecule has 0 heterocycles. The van der Waals surface area contributed by atoms with Crippen molar-refractivity contribution < 1.29 is 14.7 Å². The average Bonchev–Trinajstić information content (AvgIpc) is 2.20. The SMILES string of the molecule is CC(C)C[C@@H](C(O)C#N)N(C=O)OC(C)(C)C. The Morgan fingerprint density at radius 3 is 2.29 bits per heavy atom. The van der Waals surface area contributed by atoms with Gasteiger partial charge >= 0.3 is 0 Å². The molecular formula is C12H22N2O3. The molecule has 0 radical (unpaired) electrons. The number of aliphatic hydroxyl groups is 1. The van der Waals surface area contributed by atoms with Crippen molar-refractivity contribution in [1.82, 2.24) is 5.06 Å². The van der Waals surface area contributed by atoms with Gasteiger partial charge in [-0.15, -0.1) is 0 Å². The van der Waals surface area contributed by atoms with Crippen molar-refractivity contribution >= 4 is 6.41 Å². The van der Waals surface area contributed by atoms with Gasteiger partial charge in [0.1, 0.15) is 0 Å². The van der Waals surface area contributed by atoms with Gasteiger partial charge in [0.15, 0.2) is 6.10 Å². The van der Waals surface area contributed by atoms with Crippen molar-refractivity contribution in [2.45, 2.75) is 58.8 Å². The van der Waals surface area contributed by atoms with Crippen LogP contribution < -0.4 is 0 Å². The van der Waals surface area contributed by atoms with Crippen LogP contribution in [0.2, 0.25) is 0 Å². The molecule has 0 spiro atoms. The first-order chi connectivity index (χ1) is 7.71. The van der Waals surface area contributed by atoms with E-state index in [-0.39, 0.29) is 5.92 Å². The minimum Gasteiger partial charge on any atom is -0.376 e. The van der Waals surface area contributed by atoms with E-state index in [1.54, 1.807) is 26.8 Å². The summed E-state index contributed by atoms with van der Waals surface area (Å²) < 4.78 is 0. The number of amides is 1. The van der Waals surface area contributed by atoms with Gasteiger partial charge in [-0.3, -0.25) is 9.63 Å². The van der Waals surface area contributed by atoms with Gasteiger partial charge in [0, 0.05) is 0 Å². The van der Waals surface area contributed by atoms with Gasteiger partial charge in [0.2, 0.25) is 6.41 Å². The summed E-state index contributed by atoms with van der Waals surface area (Å²) in [6, 6.07) is 1.10. The third-order valence-corrected chi connectivity index (χ3v) is 2.02. The first-order valence-electron chi connectivity index (χ1n) is 5.71. The Balaban J connectivity index is 4.86. The van der Waals surface area contributed by atoms with E-state index in [0.717, 1.165) is 5.06 Å². The highest BCUT2D eigenvalue weighted by atomic mass is 16.7. The van der Waals surface area contributed by atoms with Gasteiger partial charge in [-0.05, 0) is 33.1 Å². The highest BCUT2D eigenvalue weighted by Crippen LogP contribution is 2.18. The van der Waals surface area contributed by atoms with Crippen LogP contribution in [0.15, 0.2) is 0 Å². The molecule has 0 aromatic carbocycles. The predicted molar refractivity (Wildman–Crippen MR) is 63.6 cm³/mol. The number of carbonyl (C=O) groups is 1. The van der Waals surface area contributed by atoms with Crippen molar-refractivity contribution in [2.75, 3.05) is 0 Å². The lowest BCUT2D eigenvalue weighted by molar-refractivity contribution is -0.241. The fraction of sp³-hybridized carbons (Fsp3) is 0.833. The van der Waals surface area contributed by atoms with Gasteiger partial charge < -0.3 is 5.11 Å². The zero-order valence-electron chi connectivity index (χ0n) is 11.2. The average molecular weight is 242 g/mol. The minimum atomic E-state index is -1.25. The Hall–Kier alpha value is -1.12. The van der Waals surface area contributed by atoms with Crippen molar-refractivity contribution in [3.63, 3.8) is 0 Å². The fourth-order valence-electron chi connectivity index (χ4n) is 1.42. The van der Waals surface area contributed by atoms with Crippen LogP contribution in [0.4, 0.5) is 0 Å². The molecule has 0 rings (SSSR count). The van der Waals surface area contributed by atoms with E-state index in [1.165, 1.54) is 0 Å². The summed E-state index contributed by atoms with van der Waals surface area (Å²) >= 11 is 0. The quantitative estimate of drug-likeness (QED) is 0.435. The molecule has 5 nitrogen and oxygen atoms in total. The second-order valence-electron chi connectivity index (χ2n) is 5.44. The molecular weight excluding hydrogens is 220 g/mol. The van der Waals surface area contributed by atoms with Crippen LogP contribution in [0.1, 0.15) is 41.0 Å². The number of hydrogen-bond donors (Lipinski definition) is 1. The second-order valence-corrected chi connectivity index (χ2v) is 5.44. The number of rotatable bonds is 6. The summed E-state index contributed by atoms with van der Waals surface area (Å²) in [5, 5.41) is 19.4. The largest absolute Gasteiger partial charge is 0.376 e. The Kier molecular flexibility index (Phi) is 6.14. The minimum absolute atomic E-state index is 0.244. The maximum absolute atomic E-state index is 11.0. The number of nitriles is 1. The van der Waals surface area contributed by atoms with Crippen LogP contribution >= 0.6 is 0 Å². The third kappa shape index (κ3) is 6.25. The molecule has 0 saturated carbocycles. The smallest absolute Gasteiger partial charge is 0.233 e. The Morgan fingerprint density at radius 1 is 1.47 bits per heavy atom. The molecule has 0 bridgehead atoms. The van der Waals surface area contributed by atoms with Gasteiger partial charge in [-0.25, -0.2) is 5.06 Å². The molecule has 0 aromatic heterocycles. The van der Waals surface area contributed by atoms with Crippen LogP contribution in [0.5, 0.6) is 0 Å². The van der Waals surface area contributed by atoms with Gasteiger partial charge in [0.25, 0.3) is 0 Å². The monoisotopic (exact) mass is 242 g/mol. The zero-order chi connectivity index (χ0) is 13.6. The Labute approximate surface area is 103 Å². The van der Waals surface area contributed by atoms with E-state index >= 15 is 0 Å². The summed E-state index contributed by atoms with van der Waals surface area (Å²) in [7, 11) is 0. The maximum atomic E-state index is 11.0. The highest BCUT2D eigenvalue weighted by molar-refractivity contribution is 5.46. The van der Waals surface area contributed by atoms with E-state index < -0.39 is 17.7 Å². The Bertz CT molecular complexity index is 278. The number of nitrogens with zero attached hydrogens (tertiary/aromatic N) is 2. The number of hydrogen-bond acceptors (Lipinski definition) is 4. The van der Waals surface area contributed by atoms with Crippen molar-refractivity contribution in [2.24, 2.45) is 5.92 Å². The summed E-state index contributed by atoms with van der Waals surface area (Å²) in [6.07, 6.45) is -0.229. The van der Waals surface area contributed by atoms with Crippen molar-refractivity contribution in [3.05, 3.63) is 0 Å². The van der Waals surface area contributed by atoms with Crippen LogP contribution in [-0.2, 0) is 9.63 Å². The van der Waals surface area contributed by atoms with E-state index in [1.807, 2.05) is 13.8 Å². The second kappa shape index (κ2) is 6.58. The van der Waals surface area contributed by atoms with E-state index in [4.69, 9.17) is 10.1 Å². The zero-order valence-corrected chi connectivity index (χ0v) is 11.2. The lowest BCUT2D eigenvalue weighted by Crippen LogP contribution is -2.46. The van der Waals surface area contributed by atoms with Crippen LogP contribution in [0.3, 0.4) is 0 Å².